The highest BCUT2D eigenvalue weighted by molar-refractivity contribution is 5.04. The van der Waals surface area contributed by atoms with E-state index >= 15 is 0 Å². The molecule has 0 spiro atoms. The fourth-order valence-electron chi connectivity index (χ4n) is 15.5. The van der Waals surface area contributed by atoms with Crippen LogP contribution >= 0.6 is 0 Å². The molecule has 0 amide bonds. The van der Waals surface area contributed by atoms with Gasteiger partial charge in [0.15, 0.2) is 56.6 Å². The van der Waals surface area contributed by atoms with E-state index in [2.05, 4.69) is 0 Å². The zero-order valence-corrected chi connectivity index (χ0v) is 62.4. The molecule has 20 unspecified atom stereocenters. The smallest absolute Gasteiger partial charge is 0.187 e. The van der Waals surface area contributed by atoms with E-state index < -0.39 is 373 Å². The van der Waals surface area contributed by atoms with Gasteiger partial charge in [-0.15, -0.1) is 0 Å². The van der Waals surface area contributed by atoms with E-state index in [1.54, 1.807) is 0 Å². The Hall–Kier alpha value is -2.04. The molecule has 117 heavy (non-hydrogen) atoms. The minimum atomic E-state index is -2.55. The van der Waals surface area contributed by atoms with Crippen LogP contribution in [0.2, 0.25) is 0 Å². The Kier molecular flexibility index (Phi) is 36.1. The molecule has 0 saturated carbocycles. The number of nitrogens with two attached hydrogens (primary N) is 1. The van der Waals surface area contributed by atoms with Crippen LogP contribution in [0.5, 0.6) is 0 Å². The summed E-state index contributed by atoms with van der Waals surface area (Å²) in [5.41, 5.74) is 5.61. The Morgan fingerprint density at radius 2 is 0.342 bits per heavy atom. The predicted octanol–water partition coefficient (Wildman–Crippen LogP) is -20.8. The van der Waals surface area contributed by atoms with Gasteiger partial charge in [-0.2, -0.15) is 0 Å². The highest BCUT2D eigenvalue weighted by atomic mass is 16.8. The molecule has 50 atom stereocenters. The second-order valence-corrected chi connectivity index (χ2v) is 30.1. The first-order valence-corrected chi connectivity index (χ1v) is 38.3. The molecule has 10 aliphatic heterocycles. The molecule has 0 radical (unpaired) electrons. The van der Waals surface area contributed by atoms with Crippen molar-refractivity contribution in [2.45, 2.75) is 339 Å². The zero-order chi connectivity index (χ0) is 85.6. The van der Waals surface area contributed by atoms with Crippen molar-refractivity contribution < 1.29 is 248 Å². The molecule has 10 fully saturated rings. The minimum absolute atomic E-state index is 0.180. The van der Waals surface area contributed by atoms with Gasteiger partial charge in [0.2, 0.25) is 0 Å². The summed E-state index contributed by atoms with van der Waals surface area (Å²) in [6.07, 6.45) is -104. The number of unbranched alkanes of at least 4 members (excludes halogenated alkanes) is 3. The van der Waals surface area contributed by atoms with Crippen LogP contribution in [0, 0.1) is 0 Å². The quantitative estimate of drug-likeness (QED) is 0.0266. The van der Waals surface area contributed by atoms with Crippen LogP contribution in [-0.2, 0) is 90.0 Å². The van der Waals surface area contributed by atoms with Gasteiger partial charge in [0, 0.05) is 0 Å². The fourth-order valence-corrected chi connectivity index (χ4v) is 15.5. The number of ether oxygens (including phenoxy) is 19. The van der Waals surface area contributed by atoms with Crippen molar-refractivity contribution in [1.82, 2.24) is 0 Å². The van der Waals surface area contributed by atoms with Crippen LogP contribution in [0.25, 0.3) is 0 Å². The van der Waals surface area contributed by atoms with Gasteiger partial charge in [0.1, 0.15) is 244 Å². The summed E-state index contributed by atoms with van der Waals surface area (Å²) < 4.78 is 111. The molecule has 0 aromatic rings. The Labute approximate surface area is 664 Å². The van der Waals surface area contributed by atoms with Crippen LogP contribution in [-0.4, -0.2) is 538 Å². The van der Waals surface area contributed by atoms with Crippen LogP contribution in [0.1, 0.15) is 32.1 Å². The summed E-state index contributed by atoms with van der Waals surface area (Å²) in [6.45, 7) is -10.5. The van der Waals surface area contributed by atoms with Crippen molar-refractivity contribution in [3.8, 4) is 0 Å². The maximum Gasteiger partial charge on any atom is 0.187 e. The summed E-state index contributed by atoms with van der Waals surface area (Å²) in [7, 11) is 0. The number of hydrogen-bond acceptors (Lipinski definition) is 51. The van der Waals surface area contributed by atoms with E-state index in [0.29, 0.717) is 25.8 Å². The minimum Gasteiger partial charge on any atom is -0.394 e. The van der Waals surface area contributed by atoms with E-state index in [4.69, 9.17) is 95.7 Å². The molecule has 684 valence electrons. The van der Waals surface area contributed by atoms with Crippen molar-refractivity contribution in [2.24, 2.45) is 5.73 Å². The van der Waals surface area contributed by atoms with Crippen molar-refractivity contribution in [3.63, 3.8) is 0 Å². The third-order valence-electron chi connectivity index (χ3n) is 22.5. The van der Waals surface area contributed by atoms with Crippen molar-refractivity contribution >= 4 is 0 Å². The van der Waals surface area contributed by atoms with Gasteiger partial charge >= 0.3 is 0 Å². The topological polar surface area (TPSA) is 829 Å². The average Bonchev–Trinajstić information content (AvgIpc) is 0.770. The first-order valence-electron chi connectivity index (χ1n) is 38.3. The lowest BCUT2D eigenvalue weighted by Crippen LogP contribution is -2.69. The van der Waals surface area contributed by atoms with E-state index in [9.17, 15) is 158 Å². The second-order valence-electron chi connectivity index (χ2n) is 30.1. The van der Waals surface area contributed by atoms with Crippen LogP contribution in [0.3, 0.4) is 0 Å². The molecule has 51 nitrogen and oxygen atoms in total. The third-order valence-corrected chi connectivity index (χ3v) is 22.5. The number of aliphatic hydroxyl groups excluding tert-OH is 31. The molecule has 51 heteroatoms. The molecule has 0 bridgehead atoms. The average molecular weight is 1720 g/mol. The first kappa shape index (κ1) is 97.2. The number of rotatable bonds is 34. The molecule has 10 saturated heterocycles. The SMILES string of the molecule is NCCCCCC[C@H]1OC(CO)[C@@H](O)[C@H](O[C@H]2OC(CO)[C@@H](O)[C@H](O[C@H]3OC(CO)[C@@H](O)[C@H](O)C3O[C@H]3OC(CO)[C@@H](O)[C@H](O)C3O[C@H]3OC(CO)[C@@H](O)[C@H](O)C3O[C@H]3OC(CO)[C@@H](O)[C@H](O[C@H]4OC(CO)[C@@H](O)[C@H](O[C@H]5OC(CO)[C@@H](O)[C@H](O)C5O[C@H]5OC(CO)[C@@H](O)[C@H](O)C5O[C@H]5OC(CO)[C@@H](O)[C@H](O)C5O)C4O)C3O)C2O)C1O. The Morgan fingerprint density at radius 1 is 0.162 bits per heavy atom. The highest BCUT2D eigenvalue weighted by Crippen LogP contribution is 2.42. The van der Waals surface area contributed by atoms with Gasteiger partial charge in [-0.1, -0.05) is 19.3 Å². The summed E-state index contributed by atoms with van der Waals surface area (Å²) in [4.78, 5) is 0. The lowest BCUT2D eigenvalue weighted by molar-refractivity contribution is -0.417. The molecule has 33 N–H and O–H groups in total. The molecular weight excluding hydrogens is 1610 g/mol. The summed E-state index contributed by atoms with van der Waals surface area (Å²) >= 11 is 0. The van der Waals surface area contributed by atoms with Gasteiger partial charge in [0.25, 0.3) is 0 Å². The summed E-state index contributed by atoms with van der Waals surface area (Å²) in [5, 5.41) is 344. The summed E-state index contributed by atoms with van der Waals surface area (Å²) in [5.74, 6) is 0. The Morgan fingerprint density at radius 3 is 0.598 bits per heavy atom. The van der Waals surface area contributed by atoms with Crippen molar-refractivity contribution in [3.05, 3.63) is 0 Å². The first-order chi connectivity index (χ1) is 55.7. The van der Waals surface area contributed by atoms with Gasteiger partial charge in [0.05, 0.1) is 72.2 Å². The second kappa shape index (κ2) is 43.4. The molecule has 10 rings (SSSR count). The number of hydrogen-bond donors (Lipinski definition) is 32. The number of aliphatic hydroxyl groups is 31. The normalized spacial score (nSPS) is 51.6. The summed E-state index contributed by atoms with van der Waals surface area (Å²) in [6, 6.07) is 0. The zero-order valence-electron chi connectivity index (χ0n) is 62.4. The monoisotopic (exact) mass is 1720 g/mol. The van der Waals surface area contributed by atoms with Gasteiger partial charge in [-0.05, 0) is 19.4 Å². The van der Waals surface area contributed by atoms with Crippen LogP contribution < -0.4 is 5.73 Å². The predicted molar refractivity (Wildman–Crippen MR) is 360 cm³/mol. The van der Waals surface area contributed by atoms with Gasteiger partial charge in [-0.3, -0.25) is 0 Å². The maximum atomic E-state index is 12.2. The van der Waals surface area contributed by atoms with E-state index in [1.165, 1.54) is 0 Å². The van der Waals surface area contributed by atoms with E-state index in [-0.39, 0.29) is 6.42 Å². The standard InChI is InChI=1S/C66H115NO50/c67-6-4-2-1-3-5-17-34(84)49(35(85)24(13-74)99-17)109-59-47(97)51(37(87)26(15-76)101-59)111-63-56(43(93)32(82)20(9-70)105-63)116-66-57(44(94)33(83)23(12-73)108-66)117-65-54(41(91)30(80)22(11-72)107-65)114-61-46(96)50(36(86)25(14-75)103-61)110-60-48(98)52(38(88)27(16-77)102-60)112-62-55(42(92)31(81)19(8-69)104-62)115-64-53(40(90)29(79)21(10-71)106-64)113-58-45(95)39(89)28(78)18(7-68)100-58/h17-66,68-98H,1-16,67H2/t17-,18?,19?,20?,21?,22?,23?,24?,25?,26?,27?,28-,29-,30-,31-,32-,33-,34?,35-,36-,37-,38-,39+,40+,41+,42+,43+,44+,45?,46?,47?,48?,49-,50+,51+,52+,53?,54?,55?,56?,57?,58-,59-,60-,61-,62-,63-,64-,65-,66-/m1/s1. The Bertz CT molecular complexity index is 2910. The van der Waals surface area contributed by atoms with Gasteiger partial charge < -0.3 is 254 Å². The van der Waals surface area contributed by atoms with Gasteiger partial charge in [-0.25, -0.2) is 0 Å². The molecule has 10 heterocycles. The largest absolute Gasteiger partial charge is 0.394 e. The Balaban J connectivity index is 0.888. The van der Waals surface area contributed by atoms with Crippen LogP contribution in [0.4, 0.5) is 0 Å². The molecular formula is C66H115NO50. The molecule has 10 aliphatic rings. The lowest BCUT2D eigenvalue weighted by atomic mass is 9.91. The molecule has 0 aliphatic carbocycles. The van der Waals surface area contributed by atoms with Crippen molar-refractivity contribution in [1.29, 1.82) is 0 Å². The molecule has 0 aromatic heterocycles. The van der Waals surface area contributed by atoms with E-state index in [1.807, 2.05) is 0 Å². The lowest BCUT2D eigenvalue weighted by Gasteiger charge is -2.51. The van der Waals surface area contributed by atoms with Crippen molar-refractivity contribution in [2.75, 3.05) is 72.6 Å². The third kappa shape index (κ3) is 21.0. The molecule has 0 aromatic carbocycles. The van der Waals surface area contributed by atoms with E-state index in [0.717, 1.165) is 6.42 Å². The maximum absolute atomic E-state index is 12.2. The highest BCUT2D eigenvalue weighted by Gasteiger charge is 2.62. The fraction of sp³-hybridized carbons (Fsp3) is 1.00. The van der Waals surface area contributed by atoms with Crippen LogP contribution in [0.15, 0.2) is 0 Å².